The van der Waals surface area contributed by atoms with Crippen molar-refractivity contribution >= 4 is 35.1 Å². The smallest absolute Gasteiger partial charge is 0.310 e. The Morgan fingerprint density at radius 3 is 2.86 bits per heavy atom. The number of ether oxygens (including phenoxy) is 2. The number of H-pyrrole nitrogens is 1. The lowest BCUT2D eigenvalue weighted by molar-refractivity contribution is -0.144. The van der Waals surface area contributed by atoms with Crippen molar-refractivity contribution in [2.75, 3.05) is 25.6 Å². The summed E-state index contributed by atoms with van der Waals surface area (Å²) < 4.78 is 25.7. The van der Waals surface area contributed by atoms with E-state index >= 15 is 0 Å². The van der Waals surface area contributed by atoms with Crippen LogP contribution in [0.3, 0.4) is 0 Å². The van der Waals surface area contributed by atoms with Gasteiger partial charge in [0, 0.05) is 24.8 Å². The Bertz CT molecular complexity index is 1670. The Kier molecular flexibility index (Phi) is 9.65. The summed E-state index contributed by atoms with van der Waals surface area (Å²) in [6.45, 7) is 2.29. The number of hydrogen-bond acceptors (Lipinski definition) is 8. The van der Waals surface area contributed by atoms with E-state index in [1.165, 1.54) is 25.4 Å². The summed E-state index contributed by atoms with van der Waals surface area (Å²) >= 11 is 5.88. The number of nitrogens with zero attached hydrogens (tertiary/aromatic N) is 4. The van der Waals surface area contributed by atoms with Gasteiger partial charge in [-0.3, -0.25) is 14.4 Å². The number of rotatable bonds is 8. The second kappa shape index (κ2) is 13.8. The number of carbonyl (C=O) groups excluding carboxylic acids is 3. The molecule has 1 aliphatic rings. The minimum absolute atomic E-state index is 0.0198. The Morgan fingerprint density at radius 2 is 2.05 bits per heavy atom. The molecule has 0 unspecified atom stereocenters. The molecule has 3 N–H and O–H groups in total. The van der Waals surface area contributed by atoms with Gasteiger partial charge in [0.2, 0.25) is 5.91 Å². The van der Waals surface area contributed by atoms with Gasteiger partial charge < -0.3 is 25.1 Å². The molecule has 1 aliphatic heterocycles. The fourth-order valence-electron chi connectivity index (χ4n) is 4.82. The molecule has 2 amide bonds. The van der Waals surface area contributed by atoms with Gasteiger partial charge in [0.05, 0.1) is 41.7 Å². The molecule has 2 atom stereocenters. The number of imidazole rings is 1. The monoisotopic (exact) mass is 623 g/mol. The number of aromatic amines is 1. The Hall–Kier alpha value is -4.62. The number of amides is 2. The molecular weight excluding hydrogens is 593 g/mol. The van der Waals surface area contributed by atoms with Crippen LogP contribution in [0.5, 0.6) is 0 Å². The first-order valence-corrected chi connectivity index (χ1v) is 14.4. The highest BCUT2D eigenvalue weighted by molar-refractivity contribution is 6.30. The number of methoxy groups -OCH3 is 1. The predicted octanol–water partition coefficient (Wildman–Crippen LogP) is 4.41. The summed E-state index contributed by atoms with van der Waals surface area (Å²) in [4.78, 5) is 46.5. The van der Waals surface area contributed by atoms with Crippen LogP contribution < -0.4 is 10.6 Å². The zero-order valence-electron chi connectivity index (χ0n) is 24.1. The molecule has 0 aliphatic carbocycles. The quantitative estimate of drug-likeness (QED) is 0.193. The maximum Gasteiger partial charge on any atom is 0.310 e. The van der Waals surface area contributed by atoms with Crippen molar-refractivity contribution in [2.45, 2.75) is 38.6 Å². The van der Waals surface area contributed by atoms with Gasteiger partial charge in [-0.25, -0.2) is 14.1 Å². The highest BCUT2D eigenvalue weighted by atomic mass is 35.5. The lowest BCUT2D eigenvalue weighted by Gasteiger charge is -2.19. The molecule has 4 aromatic rings. The first-order valence-electron chi connectivity index (χ1n) is 14.0. The molecule has 230 valence electrons. The molecule has 0 spiro atoms. The average Bonchev–Trinajstić information content (AvgIpc) is 3.69. The fourth-order valence-corrected chi connectivity index (χ4v) is 4.99. The van der Waals surface area contributed by atoms with Crippen molar-refractivity contribution < 1.29 is 28.2 Å². The van der Waals surface area contributed by atoms with E-state index in [2.05, 4.69) is 25.9 Å². The number of fused-ring (bicyclic) bond motifs is 4. The van der Waals surface area contributed by atoms with Crippen LogP contribution in [0.15, 0.2) is 48.8 Å². The zero-order valence-corrected chi connectivity index (χ0v) is 24.9. The molecular formula is C30H31ClFN7O5. The van der Waals surface area contributed by atoms with E-state index in [0.29, 0.717) is 54.2 Å². The lowest BCUT2D eigenvalue weighted by Crippen LogP contribution is -2.30. The second-order valence-corrected chi connectivity index (χ2v) is 10.8. The number of aromatic nitrogens is 5. The van der Waals surface area contributed by atoms with Gasteiger partial charge >= 0.3 is 5.97 Å². The number of halogens is 2. The number of anilines is 1. The number of benzene rings is 2. The SMILES string of the molecule is COCCOC(=O)Cc1ccc2c(c1)NC(=O)[C@H](C)CCC[C@H](NC(=O)c1cn(-c3cccc(Cl)c3F)nn1)c1nc-2c[nH]1. The molecule has 2 bridgehead atoms. The van der Waals surface area contributed by atoms with Crippen molar-refractivity contribution in [1.82, 2.24) is 30.3 Å². The van der Waals surface area contributed by atoms with Crippen molar-refractivity contribution in [3.63, 3.8) is 0 Å². The third-order valence-corrected chi connectivity index (χ3v) is 7.52. The number of carbonyl (C=O) groups is 3. The standard InChI is InChI=1S/C30H31ClFN7O5/c1-17-5-3-7-21(35-30(42)24-16-39(38-37-24)25-8-4-6-20(31)27(25)32)28-33-15-23(34-28)19-10-9-18(13-22(19)36-29(17)41)14-26(40)44-12-11-43-2/h4,6,8-10,13,15-17,21H,3,5,7,11-12,14H2,1-2H3,(H,33,34)(H,35,42)(H,36,41)/t17-,21+/m1/s1. The van der Waals surface area contributed by atoms with Crippen LogP contribution in [0.25, 0.3) is 16.9 Å². The molecule has 2 aromatic carbocycles. The van der Waals surface area contributed by atoms with Gasteiger partial charge in [-0.15, -0.1) is 5.10 Å². The molecule has 0 saturated carbocycles. The van der Waals surface area contributed by atoms with Gasteiger partial charge in [0.25, 0.3) is 5.91 Å². The van der Waals surface area contributed by atoms with Gasteiger partial charge in [0.1, 0.15) is 18.1 Å². The maximum atomic E-state index is 14.5. The zero-order chi connectivity index (χ0) is 31.2. The first-order chi connectivity index (χ1) is 21.2. The number of hydrogen-bond donors (Lipinski definition) is 3. The van der Waals surface area contributed by atoms with Gasteiger partial charge in [-0.2, -0.15) is 0 Å². The summed E-state index contributed by atoms with van der Waals surface area (Å²) in [5.41, 5.74) is 2.39. The molecule has 3 heterocycles. The third kappa shape index (κ3) is 7.12. The summed E-state index contributed by atoms with van der Waals surface area (Å²) in [7, 11) is 1.52. The molecule has 44 heavy (non-hydrogen) atoms. The molecule has 0 fully saturated rings. The first kappa shape index (κ1) is 30.8. The molecule has 5 rings (SSSR count). The summed E-state index contributed by atoms with van der Waals surface area (Å²) in [5, 5.41) is 13.7. The van der Waals surface area contributed by atoms with Gasteiger partial charge in [-0.05, 0) is 36.6 Å². The van der Waals surface area contributed by atoms with Crippen LogP contribution >= 0.6 is 11.6 Å². The van der Waals surface area contributed by atoms with E-state index in [-0.39, 0.29) is 41.3 Å². The summed E-state index contributed by atoms with van der Waals surface area (Å²) in [6.07, 6.45) is 4.69. The van der Waals surface area contributed by atoms with Gasteiger partial charge in [0.15, 0.2) is 11.5 Å². The van der Waals surface area contributed by atoms with E-state index in [0.717, 1.165) is 4.68 Å². The van der Waals surface area contributed by atoms with Crippen LogP contribution in [0.1, 0.15) is 54.1 Å². The average molecular weight is 624 g/mol. The van der Waals surface area contributed by atoms with Crippen molar-refractivity contribution in [1.29, 1.82) is 0 Å². The van der Waals surface area contributed by atoms with Crippen LogP contribution in [0.4, 0.5) is 10.1 Å². The summed E-state index contributed by atoms with van der Waals surface area (Å²) in [6, 6.07) is 9.21. The van der Waals surface area contributed by atoms with E-state index in [4.69, 9.17) is 26.1 Å². The highest BCUT2D eigenvalue weighted by Crippen LogP contribution is 2.32. The van der Waals surface area contributed by atoms with Gasteiger partial charge in [-0.1, -0.05) is 48.4 Å². The molecule has 2 aromatic heterocycles. The molecule has 12 nitrogen and oxygen atoms in total. The van der Waals surface area contributed by atoms with E-state index in [1.54, 1.807) is 30.5 Å². The van der Waals surface area contributed by atoms with Crippen molar-refractivity contribution in [3.05, 3.63) is 76.7 Å². The van der Waals surface area contributed by atoms with Crippen molar-refractivity contribution in [2.24, 2.45) is 5.92 Å². The normalized spacial score (nSPS) is 16.7. The van der Waals surface area contributed by atoms with Crippen LogP contribution in [-0.4, -0.2) is 63.1 Å². The number of esters is 1. The van der Waals surface area contributed by atoms with E-state index < -0.39 is 23.7 Å². The second-order valence-electron chi connectivity index (χ2n) is 10.4. The third-order valence-electron chi connectivity index (χ3n) is 7.23. The van der Waals surface area contributed by atoms with Crippen LogP contribution in [0, 0.1) is 11.7 Å². The lowest BCUT2D eigenvalue weighted by atomic mass is 9.98. The Labute approximate surface area is 257 Å². The van der Waals surface area contributed by atoms with Crippen molar-refractivity contribution in [3.8, 4) is 16.9 Å². The Morgan fingerprint density at radius 1 is 1.20 bits per heavy atom. The Balaban J connectivity index is 1.38. The molecule has 0 saturated heterocycles. The largest absolute Gasteiger partial charge is 0.463 e. The topological polar surface area (TPSA) is 153 Å². The van der Waals surface area contributed by atoms with Crippen LogP contribution in [-0.2, 0) is 25.5 Å². The minimum Gasteiger partial charge on any atom is -0.463 e. The van der Waals surface area contributed by atoms with E-state index in [9.17, 15) is 18.8 Å². The molecule has 14 heteroatoms. The molecule has 0 radical (unpaired) electrons. The van der Waals surface area contributed by atoms with Crippen LogP contribution in [0.2, 0.25) is 5.02 Å². The predicted molar refractivity (Wildman–Crippen MR) is 159 cm³/mol. The highest BCUT2D eigenvalue weighted by Gasteiger charge is 2.25. The minimum atomic E-state index is -0.680. The van der Waals surface area contributed by atoms with E-state index in [1.807, 2.05) is 6.92 Å². The summed E-state index contributed by atoms with van der Waals surface area (Å²) in [5.74, 6) is -1.60. The number of nitrogens with one attached hydrogen (secondary N) is 3. The maximum absolute atomic E-state index is 14.5. The fraction of sp³-hybridized carbons (Fsp3) is 0.333.